The summed E-state index contributed by atoms with van der Waals surface area (Å²) in [5, 5.41) is 0. The smallest absolute Gasteiger partial charge is 0.223 e. The van der Waals surface area contributed by atoms with Crippen LogP contribution in [0.3, 0.4) is 0 Å². The molecular weight excluding hydrogens is 340 g/mol. The number of aromatic nitrogens is 3. The fourth-order valence-electron chi connectivity index (χ4n) is 3.66. The van der Waals surface area contributed by atoms with E-state index in [1.807, 2.05) is 35.4 Å². The average molecular weight is 362 g/mol. The van der Waals surface area contributed by atoms with Gasteiger partial charge in [-0.25, -0.2) is 9.97 Å². The van der Waals surface area contributed by atoms with Gasteiger partial charge in [-0.2, -0.15) is 0 Å². The molecule has 0 radical (unpaired) electrons. The second kappa shape index (κ2) is 8.12. The van der Waals surface area contributed by atoms with Crippen LogP contribution in [-0.2, 0) is 11.2 Å². The van der Waals surface area contributed by atoms with E-state index >= 15 is 0 Å². The van der Waals surface area contributed by atoms with Crippen molar-refractivity contribution in [3.63, 3.8) is 0 Å². The third-order valence-corrected chi connectivity index (χ3v) is 5.13. The van der Waals surface area contributed by atoms with Crippen LogP contribution in [0, 0.1) is 0 Å². The molecule has 1 amide bonds. The van der Waals surface area contributed by atoms with E-state index in [1.54, 1.807) is 25.0 Å². The Bertz CT molecular complexity index is 872. The fourth-order valence-corrected chi connectivity index (χ4v) is 3.66. The van der Waals surface area contributed by atoms with Crippen LogP contribution in [-0.4, -0.2) is 38.8 Å². The van der Waals surface area contributed by atoms with Gasteiger partial charge in [-0.05, 0) is 42.7 Å². The Morgan fingerprint density at radius 1 is 1.15 bits per heavy atom. The summed E-state index contributed by atoms with van der Waals surface area (Å²) in [4.78, 5) is 27.3. The van der Waals surface area contributed by atoms with Crippen LogP contribution < -0.4 is 0 Å². The van der Waals surface area contributed by atoms with E-state index in [1.165, 1.54) is 0 Å². The monoisotopic (exact) mass is 362 g/mol. The first-order chi connectivity index (χ1) is 13.3. The Hall–Kier alpha value is -3.02. The molecule has 6 nitrogen and oxygen atoms in total. The molecule has 3 aromatic heterocycles. The van der Waals surface area contributed by atoms with E-state index in [-0.39, 0.29) is 5.91 Å². The topological polar surface area (TPSA) is 72.1 Å². The van der Waals surface area contributed by atoms with Crippen molar-refractivity contribution in [1.29, 1.82) is 0 Å². The summed E-state index contributed by atoms with van der Waals surface area (Å²) in [5.41, 5.74) is 3.21. The third kappa shape index (κ3) is 4.05. The van der Waals surface area contributed by atoms with E-state index < -0.39 is 0 Å². The summed E-state index contributed by atoms with van der Waals surface area (Å²) < 4.78 is 5.31. The highest BCUT2D eigenvalue weighted by Crippen LogP contribution is 2.33. The van der Waals surface area contributed by atoms with Gasteiger partial charge in [0.1, 0.15) is 12.1 Å². The summed E-state index contributed by atoms with van der Waals surface area (Å²) >= 11 is 0. The van der Waals surface area contributed by atoms with Crippen LogP contribution in [0.5, 0.6) is 0 Å². The van der Waals surface area contributed by atoms with Gasteiger partial charge in [0, 0.05) is 56.0 Å². The number of hydrogen-bond acceptors (Lipinski definition) is 5. The average Bonchev–Trinajstić information content (AvgIpc) is 3.26. The van der Waals surface area contributed by atoms with Gasteiger partial charge >= 0.3 is 0 Å². The van der Waals surface area contributed by atoms with Crippen LogP contribution in [0.1, 0.15) is 36.6 Å². The third-order valence-electron chi connectivity index (χ3n) is 5.13. The molecule has 1 aliphatic heterocycles. The first-order valence-electron chi connectivity index (χ1n) is 9.31. The van der Waals surface area contributed by atoms with Gasteiger partial charge in [0.25, 0.3) is 0 Å². The van der Waals surface area contributed by atoms with Crippen molar-refractivity contribution in [2.45, 2.75) is 31.6 Å². The number of hydrogen-bond donors (Lipinski definition) is 0. The van der Waals surface area contributed by atoms with Crippen molar-refractivity contribution in [3.8, 4) is 11.1 Å². The van der Waals surface area contributed by atoms with Gasteiger partial charge < -0.3 is 9.32 Å². The molecule has 0 aliphatic carbocycles. The largest absolute Gasteiger partial charge is 0.469 e. The highest BCUT2D eigenvalue weighted by Gasteiger charge is 2.26. The van der Waals surface area contributed by atoms with Crippen molar-refractivity contribution in [1.82, 2.24) is 19.9 Å². The highest BCUT2D eigenvalue weighted by atomic mass is 16.3. The van der Waals surface area contributed by atoms with Gasteiger partial charge in [0.15, 0.2) is 0 Å². The van der Waals surface area contributed by atoms with Crippen molar-refractivity contribution in [2.24, 2.45) is 0 Å². The van der Waals surface area contributed by atoms with E-state index in [0.29, 0.717) is 18.8 Å². The van der Waals surface area contributed by atoms with E-state index in [4.69, 9.17) is 4.42 Å². The Morgan fingerprint density at radius 2 is 1.96 bits per heavy atom. The second-order valence-electron chi connectivity index (χ2n) is 6.79. The molecule has 1 fully saturated rings. The molecule has 3 aromatic rings. The Balaban J connectivity index is 1.39. The lowest BCUT2D eigenvalue weighted by Crippen LogP contribution is -2.38. The fraction of sp³-hybridized carbons (Fsp3) is 0.333. The second-order valence-corrected chi connectivity index (χ2v) is 6.79. The van der Waals surface area contributed by atoms with Gasteiger partial charge in [-0.1, -0.05) is 0 Å². The number of pyridine rings is 1. The van der Waals surface area contributed by atoms with Gasteiger partial charge in [-0.3, -0.25) is 9.78 Å². The number of carbonyl (C=O) groups excluding carboxylic acids is 1. The van der Waals surface area contributed by atoms with E-state index in [9.17, 15) is 4.79 Å². The highest BCUT2D eigenvalue weighted by molar-refractivity contribution is 5.76. The standard InChI is InChI=1S/C21H22N4O2/c26-20(4-3-18-2-1-13-27-18)25-11-7-17(8-12-25)21-19(14-23-15-24-21)16-5-9-22-10-6-16/h1-2,5-6,9-10,13-15,17H,3-4,7-8,11-12H2. The summed E-state index contributed by atoms with van der Waals surface area (Å²) in [6.07, 6.45) is 11.7. The normalized spacial score (nSPS) is 15.0. The quantitative estimate of drug-likeness (QED) is 0.695. The molecule has 0 bridgehead atoms. The maximum atomic E-state index is 12.5. The molecule has 1 saturated heterocycles. The molecule has 4 heterocycles. The molecule has 27 heavy (non-hydrogen) atoms. The van der Waals surface area contributed by atoms with Crippen molar-refractivity contribution in [3.05, 3.63) is 66.9 Å². The van der Waals surface area contributed by atoms with E-state index in [2.05, 4.69) is 15.0 Å². The minimum absolute atomic E-state index is 0.196. The molecule has 4 rings (SSSR count). The SMILES string of the molecule is O=C(CCc1ccco1)N1CCC(c2ncncc2-c2ccncc2)CC1. The van der Waals surface area contributed by atoms with Crippen molar-refractivity contribution >= 4 is 5.91 Å². The van der Waals surface area contributed by atoms with Crippen LogP contribution in [0.15, 0.2) is 59.9 Å². The van der Waals surface area contributed by atoms with Gasteiger partial charge in [0.05, 0.1) is 12.0 Å². The molecule has 0 saturated carbocycles. The number of rotatable bonds is 5. The zero-order valence-electron chi connectivity index (χ0n) is 15.1. The molecule has 0 aromatic carbocycles. The molecule has 0 atom stereocenters. The lowest BCUT2D eigenvalue weighted by molar-refractivity contribution is -0.132. The first kappa shape index (κ1) is 17.4. The molecule has 1 aliphatic rings. The molecule has 6 heteroatoms. The summed E-state index contributed by atoms with van der Waals surface area (Å²) in [6.45, 7) is 1.53. The summed E-state index contributed by atoms with van der Waals surface area (Å²) in [7, 11) is 0. The zero-order valence-corrected chi connectivity index (χ0v) is 15.1. The maximum absolute atomic E-state index is 12.5. The minimum atomic E-state index is 0.196. The number of aryl methyl sites for hydroxylation is 1. The molecule has 0 N–H and O–H groups in total. The van der Waals surface area contributed by atoms with Crippen LogP contribution in [0.4, 0.5) is 0 Å². The number of furan rings is 1. The van der Waals surface area contributed by atoms with Crippen LogP contribution in [0.25, 0.3) is 11.1 Å². The Kier molecular flexibility index (Phi) is 5.23. The minimum Gasteiger partial charge on any atom is -0.469 e. The first-order valence-corrected chi connectivity index (χ1v) is 9.31. The maximum Gasteiger partial charge on any atom is 0.223 e. The number of piperidine rings is 1. The van der Waals surface area contributed by atoms with Crippen LogP contribution in [0.2, 0.25) is 0 Å². The van der Waals surface area contributed by atoms with Crippen molar-refractivity contribution < 1.29 is 9.21 Å². The zero-order chi connectivity index (χ0) is 18.5. The van der Waals surface area contributed by atoms with Crippen molar-refractivity contribution in [2.75, 3.05) is 13.1 Å². The number of amides is 1. The molecule has 138 valence electrons. The molecule has 0 unspecified atom stereocenters. The summed E-state index contributed by atoms with van der Waals surface area (Å²) in [6, 6.07) is 7.73. The van der Waals surface area contributed by atoms with Crippen LogP contribution >= 0.6 is 0 Å². The number of carbonyl (C=O) groups is 1. The predicted molar refractivity (Wildman–Crippen MR) is 101 cm³/mol. The predicted octanol–water partition coefficient (Wildman–Crippen LogP) is 3.47. The van der Waals surface area contributed by atoms with Gasteiger partial charge in [0.2, 0.25) is 5.91 Å². The molecular formula is C21H22N4O2. The Morgan fingerprint density at radius 3 is 2.70 bits per heavy atom. The lowest BCUT2D eigenvalue weighted by atomic mass is 9.89. The Labute approximate surface area is 158 Å². The molecule has 0 spiro atoms. The van der Waals surface area contributed by atoms with Gasteiger partial charge in [-0.15, -0.1) is 0 Å². The number of likely N-dealkylation sites (tertiary alicyclic amines) is 1. The van der Waals surface area contributed by atoms with E-state index in [0.717, 1.165) is 48.5 Å². The number of nitrogens with zero attached hydrogens (tertiary/aromatic N) is 4. The lowest BCUT2D eigenvalue weighted by Gasteiger charge is -2.32. The summed E-state index contributed by atoms with van der Waals surface area (Å²) in [5.74, 6) is 1.40.